The van der Waals surface area contributed by atoms with Gasteiger partial charge in [0.1, 0.15) is 0 Å². The monoisotopic (exact) mass is 552 g/mol. The summed E-state index contributed by atoms with van der Waals surface area (Å²) in [7, 11) is 0. The van der Waals surface area contributed by atoms with Crippen molar-refractivity contribution in [1.29, 1.82) is 0 Å². The predicted molar refractivity (Wildman–Crippen MR) is 171 cm³/mol. The van der Waals surface area contributed by atoms with Gasteiger partial charge >= 0.3 is 5.97 Å². The summed E-state index contributed by atoms with van der Waals surface area (Å²) in [5.41, 5.74) is 8.99. The van der Waals surface area contributed by atoms with Crippen LogP contribution in [-0.2, 0) is 22.4 Å². The van der Waals surface area contributed by atoms with Crippen molar-refractivity contribution in [1.82, 2.24) is 0 Å². The minimum absolute atomic E-state index is 0.212. The zero-order valence-corrected chi connectivity index (χ0v) is 25.2. The van der Waals surface area contributed by atoms with E-state index in [1.54, 1.807) is 6.92 Å². The Hall–Kier alpha value is -3.17. The van der Waals surface area contributed by atoms with Crippen LogP contribution >= 0.6 is 0 Å². The van der Waals surface area contributed by atoms with Gasteiger partial charge in [-0.15, -0.1) is 0 Å². The normalized spacial score (nSPS) is 16.9. The maximum Gasteiger partial charge on any atom is 0.333 e. The summed E-state index contributed by atoms with van der Waals surface area (Å²) in [4.78, 5) is 12.0. The lowest BCUT2D eigenvalue weighted by atomic mass is 9.77. The van der Waals surface area contributed by atoms with Crippen LogP contribution in [0.4, 0.5) is 0 Å². The standard InChI is InChI=1S/C38H48O3/c1-4-5-6-8-29-10-14-31(15-11-29)32-18-20-34(21-19-32)37-23-22-35(27-36(37)24-26-41-38(40)28(2)3)33-16-12-30(13-17-33)9-7-25-39/h12-13,16-23,27,29,31,39H,2,4-11,14-15,24-26H2,1,3H3. The molecule has 1 fully saturated rings. The number of aryl methyl sites for hydroxylation is 1. The number of benzene rings is 3. The smallest absolute Gasteiger partial charge is 0.333 e. The van der Waals surface area contributed by atoms with Gasteiger partial charge in [-0.25, -0.2) is 4.79 Å². The molecule has 3 nitrogen and oxygen atoms in total. The van der Waals surface area contributed by atoms with E-state index in [-0.39, 0.29) is 12.6 Å². The summed E-state index contributed by atoms with van der Waals surface area (Å²) in [6.07, 6.45) is 13.1. The topological polar surface area (TPSA) is 46.5 Å². The van der Waals surface area contributed by atoms with Crippen LogP contribution in [0, 0.1) is 5.92 Å². The van der Waals surface area contributed by atoms with Crippen LogP contribution in [0.1, 0.15) is 94.2 Å². The molecule has 1 aliphatic rings. The van der Waals surface area contributed by atoms with Gasteiger partial charge in [-0.2, -0.15) is 0 Å². The Balaban J connectivity index is 1.49. The van der Waals surface area contributed by atoms with Crippen LogP contribution in [0.25, 0.3) is 22.3 Å². The highest BCUT2D eigenvalue weighted by Gasteiger charge is 2.22. The summed E-state index contributed by atoms with van der Waals surface area (Å²) >= 11 is 0. The third-order valence-electron chi connectivity index (χ3n) is 8.72. The van der Waals surface area contributed by atoms with E-state index in [2.05, 4.69) is 80.2 Å². The average molecular weight is 553 g/mol. The lowest BCUT2D eigenvalue weighted by Gasteiger charge is -2.29. The number of unbranched alkanes of at least 4 members (excludes halogenated alkanes) is 2. The van der Waals surface area contributed by atoms with E-state index < -0.39 is 0 Å². The van der Waals surface area contributed by atoms with Gasteiger partial charge in [0.25, 0.3) is 0 Å². The summed E-state index contributed by atoms with van der Waals surface area (Å²) in [6.45, 7) is 8.21. The number of carbonyl (C=O) groups excluding carboxylic acids is 1. The van der Waals surface area contributed by atoms with E-state index in [9.17, 15) is 4.79 Å². The fraction of sp³-hybridized carbons (Fsp3) is 0.447. The summed E-state index contributed by atoms with van der Waals surface area (Å²) in [6, 6.07) is 24.4. The molecule has 3 aromatic rings. The Kier molecular flexibility index (Phi) is 11.8. The Bertz CT molecular complexity index is 1250. The number of aliphatic hydroxyl groups is 1. The first-order valence-corrected chi connectivity index (χ1v) is 15.7. The number of carbonyl (C=O) groups is 1. The van der Waals surface area contributed by atoms with Crippen LogP contribution in [0.3, 0.4) is 0 Å². The second-order valence-corrected chi connectivity index (χ2v) is 11.9. The minimum Gasteiger partial charge on any atom is -0.462 e. The summed E-state index contributed by atoms with van der Waals surface area (Å²) < 4.78 is 5.48. The molecule has 0 aromatic heterocycles. The largest absolute Gasteiger partial charge is 0.462 e. The highest BCUT2D eigenvalue weighted by atomic mass is 16.5. The van der Waals surface area contributed by atoms with E-state index in [1.807, 2.05) is 0 Å². The first-order chi connectivity index (χ1) is 20.0. The molecule has 1 saturated carbocycles. The Morgan fingerprint density at radius 2 is 1.54 bits per heavy atom. The molecule has 0 radical (unpaired) electrons. The number of ether oxygens (including phenoxy) is 1. The summed E-state index contributed by atoms with van der Waals surface area (Å²) in [5, 5.41) is 9.13. The van der Waals surface area contributed by atoms with Gasteiger partial charge in [-0.05, 0) is 96.2 Å². The van der Waals surface area contributed by atoms with Crippen molar-refractivity contribution in [2.24, 2.45) is 5.92 Å². The fourth-order valence-electron chi connectivity index (χ4n) is 6.19. The first-order valence-electron chi connectivity index (χ1n) is 15.7. The Morgan fingerprint density at radius 1 is 0.854 bits per heavy atom. The third-order valence-corrected chi connectivity index (χ3v) is 8.72. The molecule has 1 aliphatic carbocycles. The maximum absolute atomic E-state index is 12.0. The van der Waals surface area contributed by atoms with Crippen molar-refractivity contribution in [2.45, 2.75) is 90.4 Å². The van der Waals surface area contributed by atoms with Crippen LogP contribution in [0.2, 0.25) is 0 Å². The third kappa shape index (κ3) is 8.91. The lowest BCUT2D eigenvalue weighted by Crippen LogP contribution is -2.13. The van der Waals surface area contributed by atoms with E-state index in [4.69, 9.17) is 9.84 Å². The number of hydrogen-bond donors (Lipinski definition) is 1. The zero-order chi connectivity index (χ0) is 29.0. The molecule has 0 bridgehead atoms. The second-order valence-electron chi connectivity index (χ2n) is 11.9. The van der Waals surface area contributed by atoms with Crippen molar-refractivity contribution < 1.29 is 14.6 Å². The van der Waals surface area contributed by atoms with Gasteiger partial charge < -0.3 is 9.84 Å². The highest BCUT2D eigenvalue weighted by molar-refractivity contribution is 5.87. The number of aliphatic hydroxyl groups excluding tert-OH is 1. The molecule has 41 heavy (non-hydrogen) atoms. The van der Waals surface area contributed by atoms with Gasteiger partial charge in [-0.3, -0.25) is 0 Å². The molecule has 0 spiro atoms. The van der Waals surface area contributed by atoms with Gasteiger partial charge in [0.05, 0.1) is 6.61 Å². The fourth-order valence-corrected chi connectivity index (χ4v) is 6.19. The number of hydrogen-bond acceptors (Lipinski definition) is 3. The number of rotatable bonds is 14. The SMILES string of the molecule is C=C(C)C(=O)OCCc1cc(-c2ccc(CCCO)cc2)ccc1-c1ccc(C2CCC(CCCCC)CC2)cc1. The van der Waals surface area contributed by atoms with Crippen molar-refractivity contribution in [3.63, 3.8) is 0 Å². The molecule has 3 heteroatoms. The zero-order valence-electron chi connectivity index (χ0n) is 25.2. The van der Waals surface area contributed by atoms with Gasteiger partial charge in [0, 0.05) is 18.6 Å². The minimum atomic E-state index is -0.342. The van der Waals surface area contributed by atoms with E-state index >= 15 is 0 Å². The molecule has 0 atom stereocenters. The molecule has 3 aromatic carbocycles. The maximum atomic E-state index is 12.0. The second kappa shape index (κ2) is 15.7. The molecule has 0 saturated heterocycles. The average Bonchev–Trinajstić information content (AvgIpc) is 3.01. The molecule has 0 unspecified atom stereocenters. The van der Waals surface area contributed by atoms with Gasteiger partial charge in [0.15, 0.2) is 0 Å². The molecular formula is C38H48O3. The molecule has 4 rings (SSSR count). The highest BCUT2D eigenvalue weighted by Crippen LogP contribution is 2.39. The van der Waals surface area contributed by atoms with E-state index in [1.165, 1.54) is 79.2 Å². The van der Waals surface area contributed by atoms with Crippen molar-refractivity contribution in [3.8, 4) is 22.3 Å². The molecule has 0 heterocycles. The molecule has 0 aliphatic heterocycles. The lowest BCUT2D eigenvalue weighted by molar-refractivity contribution is -0.138. The van der Waals surface area contributed by atoms with Crippen molar-refractivity contribution in [3.05, 3.63) is 95.6 Å². The first kappa shape index (κ1) is 30.8. The van der Waals surface area contributed by atoms with Crippen LogP contribution < -0.4 is 0 Å². The predicted octanol–water partition coefficient (Wildman–Crippen LogP) is 9.46. The summed E-state index contributed by atoms with van der Waals surface area (Å²) in [5.74, 6) is 1.26. The van der Waals surface area contributed by atoms with Gasteiger partial charge in [-0.1, -0.05) is 106 Å². The van der Waals surface area contributed by atoms with Gasteiger partial charge in [0.2, 0.25) is 0 Å². The number of esters is 1. The van der Waals surface area contributed by atoms with Crippen LogP contribution in [-0.4, -0.2) is 24.3 Å². The Labute approximate surface area is 247 Å². The quantitative estimate of drug-likeness (QED) is 0.123. The van der Waals surface area contributed by atoms with Crippen LogP contribution in [0.15, 0.2) is 78.9 Å². The molecular weight excluding hydrogens is 504 g/mol. The Morgan fingerprint density at radius 3 is 2.20 bits per heavy atom. The van der Waals surface area contributed by atoms with E-state index in [0.29, 0.717) is 24.5 Å². The van der Waals surface area contributed by atoms with Crippen molar-refractivity contribution in [2.75, 3.05) is 13.2 Å². The molecule has 0 amide bonds. The molecule has 1 N–H and O–H groups in total. The van der Waals surface area contributed by atoms with Crippen LogP contribution in [0.5, 0.6) is 0 Å². The van der Waals surface area contributed by atoms with E-state index in [0.717, 1.165) is 29.9 Å². The molecule has 218 valence electrons. The van der Waals surface area contributed by atoms with Crippen molar-refractivity contribution >= 4 is 5.97 Å².